The van der Waals surface area contributed by atoms with Crippen molar-refractivity contribution in [2.75, 3.05) is 12.4 Å². The summed E-state index contributed by atoms with van der Waals surface area (Å²) in [6.07, 6.45) is 1.52. The van der Waals surface area contributed by atoms with Crippen LogP contribution in [0.5, 0.6) is 5.75 Å². The van der Waals surface area contributed by atoms with Crippen molar-refractivity contribution in [1.29, 1.82) is 0 Å². The average Bonchev–Trinajstić information content (AvgIpc) is 3.38. The number of halogens is 1. The van der Waals surface area contributed by atoms with Crippen molar-refractivity contribution in [3.63, 3.8) is 0 Å². The number of hydrogen-bond acceptors (Lipinski definition) is 7. The largest absolute Gasteiger partial charge is 0.497 e. The molecule has 5 aromatic rings. The Hall–Kier alpha value is -4.50. The Bertz CT molecular complexity index is 1690. The van der Waals surface area contributed by atoms with Gasteiger partial charge in [0.2, 0.25) is 17.2 Å². The topological polar surface area (TPSA) is 112 Å². The van der Waals surface area contributed by atoms with E-state index in [1.807, 2.05) is 19.9 Å². The van der Waals surface area contributed by atoms with Crippen LogP contribution in [-0.4, -0.2) is 32.7 Å². The van der Waals surface area contributed by atoms with E-state index in [9.17, 15) is 9.59 Å². The predicted molar refractivity (Wildman–Crippen MR) is 141 cm³/mol. The Balaban J connectivity index is 1.54. The van der Waals surface area contributed by atoms with Crippen molar-refractivity contribution >= 4 is 34.2 Å². The van der Waals surface area contributed by atoms with Crippen LogP contribution in [0.1, 0.15) is 11.3 Å². The van der Waals surface area contributed by atoms with Crippen LogP contribution in [-0.2, 0) is 11.3 Å². The molecule has 10 heteroatoms. The van der Waals surface area contributed by atoms with Crippen molar-refractivity contribution in [2.45, 2.75) is 20.4 Å². The fourth-order valence-corrected chi connectivity index (χ4v) is 4.07. The first-order valence-corrected chi connectivity index (χ1v) is 11.8. The molecule has 0 aliphatic heterocycles. The molecular formula is C27H22ClN5O4. The molecule has 3 aromatic heterocycles. The highest BCUT2D eigenvalue weighted by Crippen LogP contribution is 2.24. The molecule has 9 nitrogen and oxygen atoms in total. The summed E-state index contributed by atoms with van der Waals surface area (Å²) in [5.74, 6) is 0.742. The van der Waals surface area contributed by atoms with Gasteiger partial charge in [-0.25, -0.2) is 4.98 Å². The lowest BCUT2D eigenvalue weighted by Crippen LogP contribution is -2.22. The molecule has 3 heterocycles. The minimum absolute atomic E-state index is 0.0399. The number of aryl methyl sites for hydroxylation is 2. The van der Waals surface area contributed by atoms with E-state index in [4.69, 9.17) is 20.9 Å². The van der Waals surface area contributed by atoms with E-state index in [1.54, 1.807) is 60.2 Å². The number of pyridine rings is 2. The summed E-state index contributed by atoms with van der Waals surface area (Å²) in [7, 11) is 1.58. The van der Waals surface area contributed by atoms with Crippen LogP contribution >= 0.6 is 11.6 Å². The van der Waals surface area contributed by atoms with Crippen LogP contribution in [0.2, 0.25) is 5.02 Å². The summed E-state index contributed by atoms with van der Waals surface area (Å²) < 4.78 is 12.2. The lowest BCUT2D eigenvalue weighted by Gasteiger charge is -2.13. The van der Waals surface area contributed by atoms with Gasteiger partial charge in [0.1, 0.15) is 23.5 Å². The second kappa shape index (κ2) is 9.87. The number of rotatable bonds is 6. The van der Waals surface area contributed by atoms with Crippen LogP contribution < -0.4 is 15.5 Å². The van der Waals surface area contributed by atoms with Gasteiger partial charge in [0.25, 0.3) is 5.89 Å². The Morgan fingerprint density at radius 1 is 1.08 bits per heavy atom. The first kappa shape index (κ1) is 24.2. The van der Waals surface area contributed by atoms with E-state index in [-0.39, 0.29) is 29.3 Å². The van der Waals surface area contributed by atoms with Gasteiger partial charge in [-0.15, -0.1) is 0 Å². The molecule has 0 bridgehead atoms. The van der Waals surface area contributed by atoms with Gasteiger partial charge in [-0.2, -0.15) is 4.98 Å². The summed E-state index contributed by atoms with van der Waals surface area (Å²) in [5, 5.41) is 7.76. The number of ether oxygens (including phenoxy) is 1. The second-order valence-corrected chi connectivity index (χ2v) is 8.92. The van der Waals surface area contributed by atoms with Crippen molar-refractivity contribution in [1.82, 2.24) is 19.7 Å². The number of methoxy groups -OCH3 is 1. The van der Waals surface area contributed by atoms with Crippen molar-refractivity contribution in [3.05, 3.63) is 87.3 Å². The molecule has 1 N–H and O–H groups in total. The van der Waals surface area contributed by atoms with Gasteiger partial charge in [-0.1, -0.05) is 22.8 Å². The number of anilines is 1. The zero-order chi connectivity index (χ0) is 26.1. The molecule has 0 radical (unpaired) electrons. The fraction of sp³-hybridized carbons (Fsp3) is 0.148. The van der Waals surface area contributed by atoms with E-state index in [1.165, 1.54) is 6.20 Å². The minimum atomic E-state index is -0.324. The van der Waals surface area contributed by atoms with Crippen LogP contribution in [0.3, 0.4) is 0 Å². The van der Waals surface area contributed by atoms with Gasteiger partial charge in [0, 0.05) is 28.2 Å². The summed E-state index contributed by atoms with van der Waals surface area (Å²) in [4.78, 5) is 35.3. The van der Waals surface area contributed by atoms with E-state index >= 15 is 0 Å². The van der Waals surface area contributed by atoms with E-state index in [0.29, 0.717) is 44.6 Å². The van der Waals surface area contributed by atoms with Gasteiger partial charge in [-0.05, 0) is 67.9 Å². The van der Waals surface area contributed by atoms with E-state index in [0.717, 1.165) is 5.56 Å². The maximum atomic E-state index is 13.4. The number of aromatic nitrogens is 4. The Morgan fingerprint density at radius 3 is 2.62 bits per heavy atom. The summed E-state index contributed by atoms with van der Waals surface area (Å²) >= 11 is 6.09. The third-order valence-corrected chi connectivity index (χ3v) is 6.09. The number of fused-ring (bicyclic) bond motifs is 1. The predicted octanol–water partition coefficient (Wildman–Crippen LogP) is 5.03. The highest BCUT2D eigenvalue weighted by molar-refractivity contribution is 6.31. The van der Waals surface area contributed by atoms with Crippen molar-refractivity contribution in [2.24, 2.45) is 0 Å². The smallest absolute Gasteiger partial charge is 0.263 e. The van der Waals surface area contributed by atoms with Crippen LogP contribution in [0, 0.1) is 13.8 Å². The molecule has 5 rings (SSSR count). The quantitative estimate of drug-likeness (QED) is 0.337. The lowest BCUT2D eigenvalue weighted by molar-refractivity contribution is -0.116. The molecule has 1 amide bonds. The number of amides is 1. The number of nitrogens with one attached hydrogen (secondary N) is 1. The molecule has 0 atom stereocenters. The van der Waals surface area contributed by atoms with E-state index in [2.05, 4.69) is 20.4 Å². The third-order valence-electron chi connectivity index (χ3n) is 5.85. The molecule has 0 fully saturated rings. The Kier molecular flexibility index (Phi) is 6.45. The van der Waals surface area contributed by atoms with Crippen LogP contribution in [0.4, 0.5) is 5.69 Å². The molecule has 0 unspecified atom stereocenters. The first-order valence-electron chi connectivity index (χ1n) is 11.4. The zero-order valence-corrected chi connectivity index (χ0v) is 21.0. The third kappa shape index (κ3) is 4.94. The average molecular weight is 516 g/mol. The second-order valence-electron chi connectivity index (χ2n) is 8.48. The summed E-state index contributed by atoms with van der Waals surface area (Å²) in [6, 6.07) is 15.8. The number of benzene rings is 2. The highest BCUT2D eigenvalue weighted by Gasteiger charge is 2.19. The maximum absolute atomic E-state index is 13.4. The molecule has 0 spiro atoms. The number of carbonyl (C=O) groups excluding carboxylic acids is 1. The first-order chi connectivity index (χ1) is 17.8. The minimum Gasteiger partial charge on any atom is -0.497 e. The zero-order valence-electron chi connectivity index (χ0n) is 20.3. The molecule has 0 saturated heterocycles. The molecule has 37 heavy (non-hydrogen) atoms. The van der Waals surface area contributed by atoms with Gasteiger partial charge >= 0.3 is 0 Å². The van der Waals surface area contributed by atoms with E-state index < -0.39 is 0 Å². The lowest BCUT2D eigenvalue weighted by atomic mass is 10.1. The standard InChI is InChI=1S/C27H22ClN5O4/c1-15-4-8-18(28)12-22(15)30-23(34)14-33-13-21(24(35)20-11-5-16(2)29-26(20)33)27-31-25(32-37-27)17-6-9-19(36-3)10-7-17/h4-13H,14H2,1-3H3,(H,30,34). The molecule has 2 aromatic carbocycles. The number of hydrogen-bond donors (Lipinski definition) is 1. The maximum Gasteiger partial charge on any atom is 0.263 e. The normalized spacial score (nSPS) is 11.0. The highest BCUT2D eigenvalue weighted by atomic mass is 35.5. The van der Waals surface area contributed by atoms with Gasteiger partial charge in [-0.3, -0.25) is 9.59 Å². The monoisotopic (exact) mass is 515 g/mol. The molecular weight excluding hydrogens is 494 g/mol. The Morgan fingerprint density at radius 2 is 1.86 bits per heavy atom. The number of carbonyl (C=O) groups is 1. The fourth-order valence-electron chi connectivity index (χ4n) is 3.90. The summed E-state index contributed by atoms with van der Waals surface area (Å²) in [6.45, 7) is 3.59. The van der Waals surface area contributed by atoms with Gasteiger partial charge < -0.3 is 19.1 Å². The van der Waals surface area contributed by atoms with Crippen LogP contribution in [0.25, 0.3) is 33.9 Å². The molecule has 0 saturated carbocycles. The molecule has 186 valence electrons. The molecule has 0 aliphatic carbocycles. The summed E-state index contributed by atoms with van der Waals surface area (Å²) in [5.41, 5.74) is 3.10. The van der Waals surface area contributed by atoms with Gasteiger partial charge in [0.15, 0.2) is 0 Å². The van der Waals surface area contributed by atoms with Crippen molar-refractivity contribution < 1.29 is 14.1 Å². The van der Waals surface area contributed by atoms with Gasteiger partial charge in [0.05, 0.1) is 12.5 Å². The van der Waals surface area contributed by atoms with Crippen molar-refractivity contribution in [3.8, 4) is 28.6 Å². The Labute approximate surface area is 216 Å². The number of nitrogens with zero attached hydrogens (tertiary/aromatic N) is 4. The SMILES string of the molecule is COc1ccc(-c2noc(-c3cn(CC(=O)Nc4cc(Cl)ccc4C)c4nc(C)ccc4c3=O)n2)cc1. The van der Waals surface area contributed by atoms with Crippen LogP contribution in [0.15, 0.2) is 70.1 Å². The molecule has 0 aliphatic rings.